The highest BCUT2D eigenvalue weighted by Gasteiger charge is 2.58. The summed E-state index contributed by atoms with van der Waals surface area (Å²) in [5, 5.41) is 29.8. The van der Waals surface area contributed by atoms with Crippen LogP contribution in [0.3, 0.4) is 0 Å². The molecule has 4 atom stereocenters. The molecule has 3 N–H and O–H groups in total. The van der Waals surface area contributed by atoms with E-state index in [0.29, 0.717) is 5.56 Å². The van der Waals surface area contributed by atoms with Crippen molar-refractivity contribution in [2.45, 2.75) is 36.8 Å². The van der Waals surface area contributed by atoms with Gasteiger partial charge in [-0.2, -0.15) is 0 Å². The Bertz CT molecular complexity index is 727. The molecular weight excluding hydrogens is 332 g/mol. The van der Waals surface area contributed by atoms with Crippen LogP contribution in [0, 0.1) is 0 Å². The number of aliphatic hydroxyl groups is 2. The van der Waals surface area contributed by atoms with E-state index in [1.54, 1.807) is 6.07 Å². The topological polar surface area (TPSA) is 123 Å². The van der Waals surface area contributed by atoms with Gasteiger partial charge in [-0.25, -0.2) is 9.59 Å². The maximum Gasteiger partial charge on any atom is 0.338 e. The van der Waals surface area contributed by atoms with Gasteiger partial charge in [-0.3, -0.25) is 0 Å². The lowest BCUT2D eigenvalue weighted by Gasteiger charge is -2.32. The largest absolute Gasteiger partial charge is 0.504 e. The summed E-state index contributed by atoms with van der Waals surface area (Å²) in [6, 6.07) is 4.53. The van der Waals surface area contributed by atoms with Gasteiger partial charge in [0, 0.05) is 18.9 Å². The van der Waals surface area contributed by atoms with E-state index in [0.717, 1.165) is 6.08 Å². The van der Waals surface area contributed by atoms with Gasteiger partial charge in [-0.15, -0.1) is 0 Å². The molecule has 2 fully saturated rings. The van der Waals surface area contributed by atoms with Crippen molar-refractivity contribution in [2.75, 3.05) is 7.11 Å². The number of hydrogen-bond donors (Lipinski definition) is 3. The second kappa shape index (κ2) is 6.38. The molecule has 134 valence electrons. The lowest BCUT2D eigenvalue weighted by atomic mass is 9.82. The van der Waals surface area contributed by atoms with Crippen molar-refractivity contribution in [1.29, 1.82) is 0 Å². The van der Waals surface area contributed by atoms with Gasteiger partial charge >= 0.3 is 11.9 Å². The molecule has 0 amide bonds. The Morgan fingerprint density at radius 3 is 2.88 bits per heavy atom. The van der Waals surface area contributed by atoms with Gasteiger partial charge in [0.15, 0.2) is 17.1 Å². The summed E-state index contributed by atoms with van der Waals surface area (Å²) in [5.74, 6) is -1.32. The first-order valence-corrected chi connectivity index (χ1v) is 7.69. The number of carbonyl (C=O) groups is 2. The highest BCUT2D eigenvalue weighted by molar-refractivity contribution is 5.87. The number of esters is 2. The second-order valence-electron chi connectivity index (χ2n) is 6.11. The number of carbonyl (C=O) groups excluding carboxylic acids is 2. The summed E-state index contributed by atoms with van der Waals surface area (Å²) < 4.78 is 15.0. The zero-order chi connectivity index (χ0) is 18.2. The molecule has 0 unspecified atom stereocenters. The number of phenols is 1. The zero-order valence-corrected chi connectivity index (χ0v) is 13.4. The molecule has 8 heteroatoms. The fourth-order valence-corrected chi connectivity index (χ4v) is 3.02. The predicted octanol–water partition coefficient (Wildman–Crippen LogP) is 0.137. The van der Waals surface area contributed by atoms with Crippen LogP contribution in [0.2, 0.25) is 0 Å². The van der Waals surface area contributed by atoms with Crippen molar-refractivity contribution in [3.8, 4) is 11.5 Å². The molecule has 1 aliphatic heterocycles. The highest BCUT2D eigenvalue weighted by Crippen LogP contribution is 2.39. The number of fused-ring (bicyclic) bond motifs is 2. The van der Waals surface area contributed by atoms with Crippen LogP contribution in [-0.2, 0) is 19.1 Å². The molecule has 1 aromatic carbocycles. The van der Waals surface area contributed by atoms with Crippen molar-refractivity contribution in [2.24, 2.45) is 0 Å². The monoisotopic (exact) mass is 350 g/mol. The fraction of sp³-hybridized carbons (Fsp3) is 0.412. The van der Waals surface area contributed by atoms with E-state index in [1.165, 1.54) is 25.3 Å². The quantitative estimate of drug-likeness (QED) is 0.518. The van der Waals surface area contributed by atoms with E-state index in [2.05, 4.69) is 0 Å². The number of hydrogen-bond acceptors (Lipinski definition) is 8. The van der Waals surface area contributed by atoms with Crippen molar-refractivity contribution < 1.29 is 39.1 Å². The summed E-state index contributed by atoms with van der Waals surface area (Å²) >= 11 is 0. The van der Waals surface area contributed by atoms with E-state index in [1.807, 2.05) is 0 Å². The van der Waals surface area contributed by atoms with E-state index < -0.39 is 35.9 Å². The van der Waals surface area contributed by atoms with Crippen LogP contribution >= 0.6 is 0 Å². The van der Waals surface area contributed by atoms with Crippen molar-refractivity contribution in [3.05, 3.63) is 29.8 Å². The number of aromatic hydroxyl groups is 1. The molecule has 0 radical (unpaired) electrons. The Kier molecular flexibility index (Phi) is 4.40. The molecule has 2 bridgehead atoms. The summed E-state index contributed by atoms with van der Waals surface area (Å²) in [7, 11) is 1.41. The zero-order valence-electron chi connectivity index (χ0n) is 13.4. The summed E-state index contributed by atoms with van der Waals surface area (Å²) in [6.45, 7) is 0. The summed E-state index contributed by atoms with van der Waals surface area (Å²) in [4.78, 5) is 23.5. The minimum absolute atomic E-state index is 0.00973. The van der Waals surface area contributed by atoms with Gasteiger partial charge in [-0.05, 0) is 23.8 Å². The standard InChI is InChI=1S/C17H18O8/c1-23-11-6-9(2-4-10(11)18)3-5-14(19)24-12-7-17(22)8-13(15(12)20)25-16(17)21/h2-6,12-13,15,18,20,22H,7-8H2,1H3/b5-3+/t12-,13-,15-,17-/m1/s1. The first-order valence-electron chi connectivity index (χ1n) is 7.69. The Labute approximate surface area is 143 Å². The molecule has 1 heterocycles. The maximum atomic E-state index is 12.0. The van der Waals surface area contributed by atoms with Gasteiger partial charge in [0.05, 0.1) is 7.11 Å². The molecule has 8 nitrogen and oxygen atoms in total. The lowest BCUT2D eigenvalue weighted by Crippen LogP contribution is -2.50. The van der Waals surface area contributed by atoms with Crippen LogP contribution in [-0.4, -0.2) is 58.3 Å². The van der Waals surface area contributed by atoms with Crippen LogP contribution < -0.4 is 4.74 Å². The molecule has 1 saturated heterocycles. The second-order valence-corrected chi connectivity index (χ2v) is 6.11. The Morgan fingerprint density at radius 1 is 1.40 bits per heavy atom. The lowest BCUT2D eigenvalue weighted by molar-refractivity contribution is -0.162. The smallest absolute Gasteiger partial charge is 0.338 e. The molecule has 25 heavy (non-hydrogen) atoms. The SMILES string of the molecule is COc1cc(/C=C/C(=O)O[C@@H]2C[C@@]3(O)C[C@@H](OC3=O)[C@@H]2O)ccc1O. The van der Waals surface area contributed by atoms with Gasteiger partial charge in [-0.1, -0.05) is 6.07 Å². The third-order valence-electron chi connectivity index (χ3n) is 4.36. The van der Waals surface area contributed by atoms with E-state index >= 15 is 0 Å². The minimum atomic E-state index is -1.72. The summed E-state index contributed by atoms with van der Waals surface area (Å²) in [6.07, 6.45) is -0.735. The third-order valence-corrected chi connectivity index (χ3v) is 4.36. The third kappa shape index (κ3) is 3.31. The predicted molar refractivity (Wildman–Crippen MR) is 83.6 cm³/mol. The number of phenolic OH excluding ortho intramolecular Hbond substituents is 1. The normalized spacial score (nSPS) is 31.0. The van der Waals surface area contributed by atoms with Crippen LogP contribution in [0.25, 0.3) is 6.08 Å². The van der Waals surface area contributed by atoms with Crippen LogP contribution in [0.1, 0.15) is 18.4 Å². The average molecular weight is 350 g/mol. The first-order chi connectivity index (χ1) is 11.8. The van der Waals surface area contributed by atoms with E-state index in [4.69, 9.17) is 14.2 Å². The number of methoxy groups -OCH3 is 1. The number of benzene rings is 1. The van der Waals surface area contributed by atoms with Gasteiger partial charge < -0.3 is 29.5 Å². The molecular formula is C17H18O8. The number of aliphatic hydroxyl groups excluding tert-OH is 1. The highest BCUT2D eigenvalue weighted by atomic mass is 16.6. The van der Waals surface area contributed by atoms with Gasteiger partial charge in [0.1, 0.15) is 18.3 Å². The average Bonchev–Trinajstić information content (AvgIpc) is 2.83. The van der Waals surface area contributed by atoms with Crippen LogP contribution in [0.4, 0.5) is 0 Å². The molecule has 1 aliphatic carbocycles. The van der Waals surface area contributed by atoms with Crippen LogP contribution in [0.5, 0.6) is 11.5 Å². The fourth-order valence-electron chi connectivity index (χ4n) is 3.02. The van der Waals surface area contributed by atoms with E-state index in [-0.39, 0.29) is 24.3 Å². The van der Waals surface area contributed by atoms with Crippen LogP contribution in [0.15, 0.2) is 24.3 Å². The van der Waals surface area contributed by atoms with Crippen molar-refractivity contribution in [3.63, 3.8) is 0 Å². The molecule has 2 aliphatic rings. The van der Waals surface area contributed by atoms with E-state index in [9.17, 15) is 24.9 Å². The molecule has 3 rings (SSSR count). The van der Waals surface area contributed by atoms with Gasteiger partial charge in [0.2, 0.25) is 0 Å². The Balaban J connectivity index is 1.65. The minimum Gasteiger partial charge on any atom is -0.504 e. The Hall–Kier alpha value is -2.58. The van der Waals surface area contributed by atoms with Crippen molar-refractivity contribution in [1.82, 2.24) is 0 Å². The molecule has 0 aromatic heterocycles. The molecule has 1 saturated carbocycles. The summed E-state index contributed by atoms with van der Waals surface area (Å²) in [5.41, 5.74) is -1.13. The first kappa shape index (κ1) is 17.2. The number of ether oxygens (including phenoxy) is 3. The molecule has 1 aromatic rings. The number of rotatable bonds is 4. The van der Waals surface area contributed by atoms with Gasteiger partial charge in [0.25, 0.3) is 0 Å². The maximum absolute atomic E-state index is 12.0. The molecule has 0 spiro atoms. The Morgan fingerprint density at radius 2 is 2.16 bits per heavy atom. The van der Waals surface area contributed by atoms with Crippen molar-refractivity contribution >= 4 is 18.0 Å².